The van der Waals surface area contributed by atoms with Crippen LogP contribution in [0, 0.1) is 0 Å². The molecular formula is C28H27ClN2O10. The molecule has 4 rings (SSSR count). The maximum absolute atomic E-state index is 13.2. The van der Waals surface area contributed by atoms with Gasteiger partial charge < -0.3 is 30.1 Å². The first-order valence-electron chi connectivity index (χ1n) is 12.2. The Balaban J connectivity index is 0.00000462. The molecule has 1 fully saturated rings. The highest BCUT2D eigenvalue weighted by molar-refractivity contribution is 6.18. The first-order valence-corrected chi connectivity index (χ1v) is 12.2. The molecule has 5 N–H and O–H groups in total. The molecule has 0 bridgehead atoms. The third-order valence-electron chi connectivity index (χ3n) is 6.25. The van der Waals surface area contributed by atoms with Crippen LogP contribution in [0.4, 0.5) is 0 Å². The van der Waals surface area contributed by atoms with Gasteiger partial charge in [-0.05, 0) is 43.3 Å². The lowest BCUT2D eigenvalue weighted by molar-refractivity contribution is -0.108. The molecule has 0 aromatic heterocycles. The number of phenolic OH excluding ortho intramolecular Hbond substituents is 3. The Bertz CT molecular complexity index is 1440. The van der Waals surface area contributed by atoms with E-state index < -0.39 is 64.2 Å². The minimum atomic E-state index is -1.09. The summed E-state index contributed by atoms with van der Waals surface area (Å²) in [4.78, 5) is 51.0. The lowest BCUT2D eigenvalue weighted by Crippen LogP contribution is -2.46. The largest absolute Gasteiger partial charge is 0.507 e. The Morgan fingerprint density at radius 1 is 0.854 bits per heavy atom. The summed E-state index contributed by atoms with van der Waals surface area (Å²) in [6.45, 7) is 1.79. The number of esters is 2. The number of hydroxylamine groups is 2. The first-order chi connectivity index (χ1) is 19.1. The number of hydrogen-bond acceptors (Lipinski definition) is 11. The van der Waals surface area contributed by atoms with Crippen molar-refractivity contribution in [2.45, 2.75) is 19.1 Å². The van der Waals surface area contributed by atoms with Gasteiger partial charge in [0.25, 0.3) is 5.91 Å². The van der Waals surface area contributed by atoms with Crippen LogP contribution >= 0.6 is 12.4 Å². The Morgan fingerprint density at radius 2 is 1.51 bits per heavy atom. The van der Waals surface area contributed by atoms with Gasteiger partial charge in [0.2, 0.25) is 5.78 Å². The van der Waals surface area contributed by atoms with Crippen LogP contribution < -0.4 is 5.32 Å². The summed E-state index contributed by atoms with van der Waals surface area (Å²) in [5.41, 5.74) is -1.56. The normalized spacial score (nSPS) is 15.9. The third-order valence-corrected chi connectivity index (χ3v) is 6.25. The number of phenols is 3. The van der Waals surface area contributed by atoms with Crippen molar-refractivity contribution in [2.24, 2.45) is 0 Å². The van der Waals surface area contributed by atoms with Crippen molar-refractivity contribution >= 4 is 36.0 Å². The van der Waals surface area contributed by atoms with Crippen LogP contribution in [0.5, 0.6) is 17.2 Å². The number of halogens is 1. The molecule has 1 aliphatic heterocycles. The van der Waals surface area contributed by atoms with Gasteiger partial charge in [-0.3, -0.25) is 14.8 Å². The average molecular weight is 587 g/mol. The summed E-state index contributed by atoms with van der Waals surface area (Å²) >= 11 is 0. The van der Waals surface area contributed by atoms with Crippen LogP contribution in [-0.4, -0.2) is 81.1 Å². The molecule has 216 valence electrons. The lowest BCUT2D eigenvalue weighted by atomic mass is 9.95. The number of rotatable bonds is 8. The molecule has 1 heterocycles. The highest BCUT2D eigenvalue weighted by Gasteiger charge is 2.38. The fourth-order valence-electron chi connectivity index (χ4n) is 4.32. The molecule has 2 unspecified atom stereocenters. The van der Waals surface area contributed by atoms with Gasteiger partial charge in [0.05, 0.1) is 23.3 Å². The monoisotopic (exact) mass is 586 g/mol. The Hall–Kier alpha value is -4.65. The molecule has 2 atom stereocenters. The second-order valence-corrected chi connectivity index (χ2v) is 8.82. The van der Waals surface area contributed by atoms with E-state index in [1.165, 1.54) is 24.3 Å². The SMILES string of the molecule is CCOC(=O)c1cccc(O)c1C(=O)c1c(O)cc(C(=O)OC2CNCC2N(O)C(=O)c2ccccc2)cc1O.Cl. The molecule has 0 saturated carbocycles. The molecule has 3 aromatic rings. The number of ketones is 1. The van der Waals surface area contributed by atoms with E-state index in [9.17, 15) is 39.7 Å². The summed E-state index contributed by atoms with van der Waals surface area (Å²) in [6, 6.07) is 12.6. The van der Waals surface area contributed by atoms with E-state index in [-0.39, 0.29) is 48.8 Å². The van der Waals surface area contributed by atoms with Crippen molar-refractivity contribution in [3.8, 4) is 17.2 Å². The molecule has 0 aliphatic carbocycles. The summed E-state index contributed by atoms with van der Waals surface area (Å²) < 4.78 is 10.4. The Labute approximate surface area is 240 Å². The zero-order valence-corrected chi connectivity index (χ0v) is 22.5. The lowest BCUT2D eigenvalue weighted by Gasteiger charge is -2.26. The Kier molecular flexibility index (Phi) is 9.90. The maximum Gasteiger partial charge on any atom is 0.339 e. The standard InChI is InChI=1S/C28H26N2O10.ClH/c1-2-39-28(37)17-9-6-10-19(31)23(17)25(34)24-20(32)11-16(12-21(24)33)27(36)40-22-14-29-13-18(22)30(38)26(35)15-7-4-3-5-8-15;/h3-12,18,22,29,31-33,38H,2,13-14H2,1H3;1H. The van der Waals surface area contributed by atoms with Crippen LogP contribution in [0.1, 0.15) is 53.9 Å². The number of nitrogens with one attached hydrogen (secondary N) is 1. The highest BCUT2D eigenvalue weighted by atomic mass is 35.5. The summed E-state index contributed by atoms with van der Waals surface area (Å²) in [5, 5.41) is 45.4. The molecular weight excluding hydrogens is 560 g/mol. The van der Waals surface area contributed by atoms with E-state index in [1.807, 2.05) is 0 Å². The van der Waals surface area contributed by atoms with Gasteiger partial charge in [-0.25, -0.2) is 14.7 Å². The molecule has 1 saturated heterocycles. The molecule has 13 heteroatoms. The van der Waals surface area contributed by atoms with Crippen LogP contribution in [0.2, 0.25) is 0 Å². The topological polar surface area (TPSA) is 183 Å². The fourth-order valence-corrected chi connectivity index (χ4v) is 4.32. The van der Waals surface area contributed by atoms with Crippen molar-refractivity contribution in [3.63, 3.8) is 0 Å². The highest BCUT2D eigenvalue weighted by Crippen LogP contribution is 2.35. The van der Waals surface area contributed by atoms with E-state index in [2.05, 4.69) is 5.32 Å². The van der Waals surface area contributed by atoms with Gasteiger partial charge in [-0.1, -0.05) is 24.3 Å². The average Bonchev–Trinajstić information content (AvgIpc) is 3.40. The molecule has 12 nitrogen and oxygen atoms in total. The van der Waals surface area contributed by atoms with Crippen molar-refractivity contribution in [1.82, 2.24) is 10.4 Å². The van der Waals surface area contributed by atoms with Crippen molar-refractivity contribution in [3.05, 3.63) is 88.5 Å². The van der Waals surface area contributed by atoms with Gasteiger partial charge in [-0.15, -0.1) is 12.4 Å². The van der Waals surface area contributed by atoms with Crippen LogP contribution in [0.15, 0.2) is 60.7 Å². The number of carbonyl (C=O) groups excluding carboxylic acids is 4. The van der Waals surface area contributed by atoms with E-state index >= 15 is 0 Å². The second-order valence-electron chi connectivity index (χ2n) is 8.82. The maximum atomic E-state index is 13.2. The van der Waals surface area contributed by atoms with Crippen LogP contribution in [0.3, 0.4) is 0 Å². The van der Waals surface area contributed by atoms with Gasteiger partial charge >= 0.3 is 11.9 Å². The number of benzene rings is 3. The summed E-state index contributed by atoms with van der Waals surface area (Å²) in [5.74, 6) is -5.93. The summed E-state index contributed by atoms with van der Waals surface area (Å²) in [7, 11) is 0. The van der Waals surface area contributed by atoms with Crippen LogP contribution in [-0.2, 0) is 9.47 Å². The minimum absolute atomic E-state index is 0. The molecule has 1 aliphatic rings. The first kappa shape index (κ1) is 30.9. The quantitative estimate of drug-likeness (QED) is 0.113. The number of carbonyl (C=O) groups is 4. The number of nitrogens with zero attached hydrogens (tertiary/aromatic N) is 1. The van der Waals surface area contributed by atoms with Crippen LogP contribution in [0.25, 0.3) is 0 Å². The predicted octanol–water partition coefficient (Wildman–Crippen LogP) is 2.66. The van der Waals surface area contributed by atoms with E-state index in [1.54, 1.807) is 25.1 Å². The fraction of sp³-hybridized carbons (Fsp3) is 0.214. The summed E-state index contributed by atoms with van der Waals surface area (Å²) in [6.07, 6.45) is -0.982. The number of hydrogen-bond donors (Lipinski definition) is 5. The number of ether oxygens (including phenoxy) is 2. The molecule has 1 amide bonds. The van der Waals surface area contributed by atoms with Gasteiger partial charge in [0.1, 0.15) is 35.0 Å². The van der Waals surface area contributed by atoms with E-state index in [0.717, 1.165) is 18.2 Å². The molecule has 0 spiro atoms. The second kappa shape index (κ2) is 13.1. The molecule has 3 aromatic carbocycles. The van der Waals surface area contributed by atoms with Gasteiger partial charge in [-0.2, -0.15) is 0 Å². The van der Waals surface area contributed by atoms with Gasteiger partial charge in [0.15, 0.2) is 0 Å². The van der Waals surface area contributed by atoms with E-state index in [4.69, 9.17) is 9.47 Å². The van der Waals surface area contributed by atoms with Gasteiger partial charge in [0, 0.05) is 18.7 Å². The van der Waals surface area contributed by atoms with Crippen molar-refractivity contribution in [2.75, 3.05) is 19.7 Å². The molecule has 0 radical (unpaired) electrons. The van der Waals surface area contributed by atoms with Crippen molar-refractivity contribution < 1.29 is 49.2 Å². The number of aromatic hydroxyl groups is 3. The molecule has 41 heavy (non-hydrogen) atoms. The zero-order valence-electron chi connectivity index (χ0n) is 21.6. The zero-order chi connectivity index (χ0) is 29.0. The predicted molar refractivity (Wildman–Crippen MR) is 145 cm³/mol. The van der Waals surface area contributed by atoms with Crippen molar-refractivity contribution in [1.29, 1.82) is 0 Å². The third kappa shape index (κ3) is 6.40. The van der Waals surface area contributed by atoms with E-state index in [0.29, 0.717) is 5.06 Å². The number of amides is 1. The Morgan fingerprint density at radius 3 is 2.15 bits per heavy atom. The smallest absolute Gasteiger partial charge is 0.339 e. The minimum Gasteiger partial charge on any atom is -0.507 e.